The van der Waals surface area contributed by atoms with Crippen LogP contribution in [0.5, 0.6) is 0 Å². The highest BCUT2D eigenvalue weighted by Gasteiger charge is 2.63. The van der Waals surface area contributed by atoms with Gasteiger partial charge in [-0.05, 0) is 98.0 Å². The molecule has 0 aromatic heterocycles. The molecule has 5 nitrogen and oxygen atoms in total. The average Bonchev–Trinajstić information content (AvgIpc) is 3.30. The molecule has 3 fully saturated rings. The molecular formula is C40H72O5Si2. The molecule has 7 heteroatoms. The molecule has 0 spiro atoms. The first-order chi connectivity index (χ1) is 21.5. The third-order valence-corrected chi connectivity index (χ3v) is 23.5. The van der Waals surface area contributed by atoms with Crippen molar-refractivity contribution < 1.29 is 23.1 Å². The van der Waals surface area contributed by atoms with E-state index < -0.39 is 22.4 Å². The molecule has 4 aliphatic carbocycles. The van der Waals surface area contributed by atoms with Gasteiger partial charge in [0.25, 0.3) is 0 Å². The van der Waals surface area contributed by atoms with Crippen LogP contribution in [0.15, 0.2) is 23.3 Å². The van der Waals surface area contributed by atoms with E-state index in [4.69, 9.17) is 18.3 Å². The summed E-state index contributed by atoms with van der Waals surface area (Å²) in [5.74, 6) is 0.670. The minimum Gasteiger partial charge on any atom is -0.461 e. The van der Waals surface area contributed by atoms with Crippen LogP contribution in [-0.2, 0) is 23.1 Å². The highest BCUT2D eigenvalue weighted by molar-refractivity contribution is 6.74. The van der Waals surface area contributed by atoms with Crippen molar-refractivity contribution in [2.24, 2.45) is 28.6 Å². The van der Waals surface area contributed by atoms with Crippen molar-refractivity contribution in [1.29, 1.82) is 0 Å². The lowest BCUT2D eigenvalue weighted by molar-refractivity contribution is -0.235. The number of carbonyl (C=O) groups excluding carboxylic acids is 1. The Hall–Kier alpha value is -0.736. The second-order valence-electron chi connectivity index (χ2n) is 19.2. The zero-order valence-corrected chi connectivity index (χ0v) is 35.2. The number of hydrogen-bond acceptors (Lipinski definition) is 5. The second-order valence-corrected chi connectivity index (χ2v) is 28.7. The van der Waals surface area contributed by atoms with E-state index in [-0.39, 0.29) is 40.3 Å². The number of fused-ring (bicyclic) bond motifs is 5. The minimum atomic E-state index is -2.33. The summed E-state index contributed by atoms with van der Waals surface area (Å²) >= 11 is 0. The quantitative estimate of drug-likeness (QED) is 0.123. The Balaban J connectivity index is 1.82. The van der Waals surface area contributed by atoms with E-state index in [2.05, 4.69) is 115 Å². The molecular weight excluding hydrogens is 617 g/mol. The molecule has 0 aromatic carbocycles. The Labute approximate surface area is 291 Å². The third kappa shape index (κ3) is 7.23. The molecule has 0 aliphatic heterocycles. The SMILES string of the molecule is CCC(CC)OC(=O)COC1(O[Si](C)(C)C(C)(C)C)CC2=CC=C3C4CC[C@H](CC)[C@@]4(C)CCC3[C@@]2(C)[C@@H](O[Si](C)(C)C(C)(C)C)C1. The zero-order valence-electron chi connectivity index (χ0n) is 33.2. The van der Waals surface area contributed by atoms with Crippen LogP contribution in [0.25, 0.3) is 0 Å². The summed E-state index contributed by atoms with van der Waals surface area (Å²) in [5, 5.41) is 0.0436. The smallest absolute Gasteiger partial charge is 0.332 e. The van der Waals surface area contributed by atoms with Crippen LogP contribution in [0.3, 0.4) is 0 Å². The fraction of sp³-hybridized carbons (Fsp3) is 0.875. The Kier molecular flexibility index (Phi) is 11.2. The van der Waals surface area contributed by atoms with Crippen molar-refractivity contribution in [2.75, 3.05) is 6.61 Å². The van der Waals surface area contributed by atoms with Gasteiger partial charge in [0.2, 0.25) is 0 Å². The number of rotatable bonds is 11. The lowest BCUT2D eigenvalue weighted by Gasteiger charge is -2.61. The fourth-order valence-electron chi connectivity index (χ4n) is 9.19. The maximum absolute atomic E-state index is 13.2. The molecule has 0 bridgehead atoms. The first kappa shape index (κ1) is 39.1. The summed E-state index contributed by atoms with van der Waals surface area (Å²) in [7, 11) is -4.53. The van der Waals surface area contributed by atoms with E-state index in [0.717, 1.165) is 18.8 Å². The van der Waals surface area contributed by atoms with Crippen LogP contribution in [-0.4, -0.2) is 47.2 Å². The molecule has 0 radical (unpaired) electrons. The largest absolute Gasteiger partial charge is 0.461 e. The van der Waals surface area contributed by atoms with Gasteiger partial charge in [0.05, 0.1) is 6.10 Å². The van der Waals surface area contributed by atoms with Crippen LogP contribution in [0.4, 0.5) is 0 Å². The number of carbonyl (C=O) groups is 1. The number of esters is 1. The molecule has 47 heavy (non-hydrogen) atoms. The van der Waals surface area contributed by atoms with Gasteiger partial charge in [0, 0.05) is 18.3 Å². The number of ether oxygens (including phenoxy) is 2. The molecule has 0 N–H and O–H groups in total. The molecule has 0 heterocycles. The summed E-state index contributed by atoms with van der Waals surface area (Å²) in [4.78, 5) is 13.2. The van der Waals surface area contributed by atoms with Crippen LogP contribution in [0.2, 0.25) is 36.3 Å². The lowest BCUT2D eigenvalue weighted by Crippen LogP contribution is -2.63. The summed E-state index contributed by atoms with van der Waals surface area (Å²) in [6, 6.07) is 0. The van der Waals surface area contributed by atoms with Crippen LogP contribution in [0, 0.1) is 28.6 Å². The third-order valence-electron chi connectivity index (χ3n) is 14.5. The average molecular weight is 689 g/mol. The summed E-state index contributed by atoms with van der Waals surface area (Å²) in [6.45, 7) is 34.8. The van der Waals surface area contributed by atoms with E-state index in [1.807, 2.05) is 0 Å². The lowest BCUT2D eigenvalue weighted by atomic mass is 9.49. The van der Waals surface area contributed by atoms with Crippen molar-refractivity contribution in [2.45, 2.75) is 188 Å². The van der Waals surface area contributed by atoms with E-state index in [9.17, 15) is 4.79 Å². The fourth-order valence-corrected chi connectivity index (χ4v) is 12.0. The first-order valence-electron chi connectivity index (χ1n) is 19.1. The topological polar surface area (TPSA) is 54.0 Å². The van der Waals surface area contributed by atoms with Gasteiger partial charge < -0.3 is 18.3 Å². The van der Waals surface area contributed by atoms with Crippen molar-refractivity contribution in [3.05, 3.63) is 23.3 Å². The van der Waals surface area contributed by atoms with Crippen LogP contribution < -0.4 is 0 Å². The Morgan fingerprint density at radius 1 is 0.894 bits per heavy atom. The molecule has 0 saturated heterocycles. The van der Waals surface area contributed by atoms with Gasteiger partial charge in [0.1, 0.15) is 12.7 Å². The number of hydrogen-bond donors (Lipinski definition) is 0. The monoisotopic (exact) mass is 688 g/mol. The molecule has 7 atom stereocenters. The summed E-state index contributed by atoms with van der Waals surface area (Å²) in [6.07, 6.45) is 14.1. The predicted molar refractivity (Wildman–Crippen MR) is 200 cm³/mol. The second kappa shape index (κ2) is 13.4. The van der Waals surface area contributed by atoms with Crippen LogP contribution >= 0.6 is 0 Å². The predicted octanol–water partition coefficient (Wildman–Crippen LogP) is 11.4. The summed E-state index contributed by atoms with van der Waals surface area (Å²) < 4.78 is 27.7. The molecule has 4 rings (SSSR count). The normalized spacial score (nSPS) is 34.7. The minimum absolute atomic E-state index is 0.0178. The van der Waals surface area contributed by atoms with Crippen molar-refractivity contribution in [3.63, 3.8) is 0 Å². The highest BCUT2D eigenvalue weighted by atomic mass is 28.4. The van der Waals surface area contributed by atoms with Crippen molar-refractivity contribution in [3.8, 4) is 0 Å². The van der Waals surface area contributed by atoms with Gasteiger partial charge in [-0.25, -0.2) is 4.79 Å². The zero-order chi connectivity index (χ0) is 35.4. The molecule has 0 amide bonds. The number of allylic oxidation sites excluding steroid dienone is 3. The van der Waals surface area contributed by atoms with Gasteiger partial charge in [-0.2, -0.15) is 0 Å². The van der Waals surface area contributed by atoms with Crippen molar-refractivity contribution in [1.82, 2.24) is 0 Å². The molecule has 3 unspecified atom stereocenters. The van der Waals surface area contributed by atoms with Gasteiger partial charge >= 0.3 is 5.97 Å². The molecule has 3 saturated carbocycles. The van der Waals surface area contributed by atoms with E-state index in [1.165, 1.54) is 37.7 Å². The van der Waals surface area contributed by atoms with Crippen LogP contribution in [0.1, 0.15) is 134 Å². The van der Waals surface area contributed by atoms with Gasteiger partial charge in [-0.3, -0.25) is 0 Å². The summed E-state index contributed by atoms with van der Waals surface area (Å²) in [5.41, 5.74) is 3.31. The highest BCUT2D eigenvalue weighted by Crippen LogP contribution is 2.67. The maximum atomic E-state index is 13.2. The standard InChI is InChI=1S/C40H72O5Si2/c1-16-28-20-22-32-31-21-19-29-25-40(45-47(14,15)37(7,8)9,42-27-35(41)43-30(17-2)18-3)26-34(44-46(12,13)36(4,5)6)39(29,11)33(31)23-24-38(28,32)10/h19,21,28,30,32-34H,16-18,20,22-27H2,1-15H3/t28-,32?,33?,34-,38+,39-,40?/m0/s1. The molecule has 4 aliphatic rings. The van der Waals surface area contributed by atoms with Gasteiger partial charge in [-0.1, -0.05) is 106 Å². The first-order valence-corrected chi connectivity index (χ1v) is 24.9. The Bertz CT molecular complexity index is 1200. The Morgan fingerprint density at radius 2 is 1.51 bits per heavy atom. The van der Waals surface area contributed by atoms with E-state index in [0.29, 0.717) is 30.1 Å². The van der Waals surface area contributed by atoms with Gasteiger partial charge in [-0.15, -0.1) is 0 Å². The van der Waals surface area contributed by atoms with Crippen molar-refractivity contribution >= 4 is 22.6 Å². The maximum Gasteiger partial charge on any atom is 0.332 e. The molecule has 0 aromatic rings. The Morgan fingerprint density at radius 3 is 2.06 bits per heavy atom. The van der Waals surface area contributed by atoms with Gasteiger partial charge in [0.15, 0.2) is 22.4 Å². The van der Waals surface area contributed by atoms with E-state index >= 15 is 0 Å². The molecule has 270 valence electrons. The van der Waals surface area contributed by atoms with E-state index in [1.54, 1.807) is 5.57 Å².